The molecule has 1 heterocycles. The lowest BCUT2D eigenvalue weighted by Crippen LogP contribution is -2.45. The Kier molecular flexibility index (Phi) is 7.06. The molecule has 0 saturated carbocycles. The number of nitrogens with zero attached hydrogens (tertiary/aromatic N) is 1. The van der Waals surface area contributed by atoms with Gasteiger partial charge in [0.15, 0.2) is 0 Å². The normalized spacial score (nSPS) is 17.5. The van der Waals surface area contributed by atoms with Crippen molar-refractivity contribution in [2.75, 3.05) is 33.9 Å². The van der Waals surface area contributed by atoms with Gasteiger partial charge in [-0.2, -0.15) is 0 Å². The minimum absolute atomic E-state index is 0.182. The van der Waals surface area contributed by atoms with Crippen LogP contribution in [0.3, 0.4) is 0 Å². The highest BCUT2D eigenvalue weighted by Gasteiger charge is 2.36. The molecule has 2 rings (SSSR count). The average molecular weight is 335 g/mol. The lowest BCUT2D eigenvalue weighted by Gasteiger charge is -2.40. The second-order valence-corrected chi connectivity index (χ2v) is 6.58. The van der Waals surface area contributed by atoms with Crippen molar-refractivity contribution in [3.05, 3.63) is 29.8 Å². The summed E-state index contributed by atoms with van der Waals surface area (Å²) in [5, 5.41) is 0. The molecule has 1 aromatic rings. The number of ether oxygens (including phenoxy) is 3. The van der Waals surface area contributed by atoms with Gasteiger partial charge in [-0.15, -0.1) is 0 Å². The summed E-state index contributed by atoms with van der Waals surface area (Å²) in [7, 11) is 3.77. The molecule has 0 bridgehead atoms. The van der Waals surface area contributed by atoms with E-state index < -0.39 is 0 Å². The lowest BCUT2D eigenvalue weighted by atomic mass is 9.87. The number of rotatable bonds is 8. The Morgan fingerprint density at radius 2 is 1.88 bits per heavy atom. The summed E-state index contributed by atoms with van der Waals surface area (Å²) in [6.07, 6.45) is 3.57. The zero-order chi connectivity index (χ0) is 17.4. The molecule has 1 aliphatic heterocycles. The van der Waals surface area contributed by atoms with Crippen LogP contribution in [0, 0.1) is 0 Å². The van der Waals surface area contributed by atoms with E-state index in [4.69, 9.17) is 14.2 Å². The van der Waals surface area contributed by atoms with Crippen LogP contribution in [0.2, 0.25) is 0 Å². The zero-order valence-electron chi connectivity index (χ0n) is 15.0. The van der Waals surface area contributed by atoms with Gasteiger partial charge < -0.3 is 19.1 Å². The van der Waals surface area contributed by atoms with Crippen LogP contribution in [-0.4, -0.2) is 50.3 Å². The van der Waals surface area contributed by atoms with Gasteiger partial charge in [-0.25, -0.2) is 0 Å². The van der Waals surface area contributed by atoms with Crippen LogP contribution < -0.4 is 4.74 Å². The van der Waals surface area contributed by atoms with E-state index in [0.717, 1.165) is 50.1 Å². The lowest BCUT2D eigenvalue weighted by molar-refractivity contribution is -0.163. The summed E-state index contributed by atoms with van der Waals surface area (Å²) in [5.74, 6) is 0.669. The molecule has 0 unspecified atom stereocenters. The van der Waals surface area contributed by atoms with Crippen LogP contribution in [0.15, 0.2) is 24.3 Å². The summed E-state index contributed by atoms with van der Waals surface area (Å²) in [6, 6.07) is 7.89. The zero-order valence-corrected chi connectivity index (χ0v) is 15.0. The van der Waals surface area contributed by atoms with Gasteiger partial charge >= 0.3 is 5.97 Å². The molecule has 134 valence electrons. The molecular weight excluding hydrogens is 306 g/mol. The fraction of sp³-hybridized carbons (Fsp3) is 0.632. The number of hydrogen-bond donors (Lipinski definition) is 0. The highest BCUT2D eigenvalue weighted by molar-refractivity contribution is 5.66. The second kappa shape index (κ2) is 9.04. The molecule has 24 heavy (non-hydrogen) atoms. The third-order valence-corrected chi connectivity index (χ3v) is 4.61. The Bertz CT molecular complexity index is 507. The average Bonchev–Trinajstić information content (AvgIpc) is 2.57. The van der Waals surface area contributed by atoms with E-state index in [2.05, 4.69) is 11.9 Å². The first-order chi connectivity index (χ1) is 11.5. The number of hydrogen-bond acceptors (Lipinski definition) is 5. The van der Waals surface area contributed by atoms with E-state index in [1.165, 1.54) is 6.92 Å². The molecule has 1 aliphatic rings. The van der Waals surface area contributed by atoms with E-state index in [1.807, 2.05) is 24.3 Å². The largest absolute Gasteiger partial charge is 0.497 e. The van der Waals surface area contributed by atoms with E-state index in [1.54, 1.807) is 7.11 Å². The van der Waals surface area contributed by atoms with E-state index in [0.29, 0.717) is 13.2 Å². The van der Waals surface area contributed by atoms with Crippen LogP contribution in [0.4, 0.5) is 0 Å². The Labute approximate surface area is 144 Å². The summed E-state index contributed by atoms with van der Waals surface area (Å²) in [4.78, 5) is 13.7. The van der Waals surface area contributed by atoms with Crippen LogP contribution in [0.25, 0.3) is 0 Å². The number of benzene rings is 1. The molecule has 1 aromatic carbocycles. The Morgan fingerprint density at radius 1 is 1.21 bits per heavy atom. The molecule has 0 amide bonds. The quantitative estimate of drug-likeness (QED) is 0.540. The summed E-state index contributed by atoms with van der Waals surface area (Å²) < 4.78 is 16.6. The van der Waals surface area contributed by atoms with Gasteiger partial charge in [0.25, 0.3) is 0 Å². The Balaban J connectivity index is 1.73. The standard InChI is InChI=1S/C19H29NO4/c1-16(21)24-19(10-12-20(2)13-11-19)9-4-14-23-15-17-5-7-18(22-3)8-6-17/h5-8H,4,9-15H2,1-3H3. The van der Waals surface area contributed by atoms with Gasteiger partial charge in [-0.3, -0.25) is 4.79 Å². The van der Waals surface area contributed by atoms with Gasteiger partial charge in [0.1, 0.15) is 11.4 Å². The predicted octanol–water partition coefficient (Wildman–Crippen LogP) is 3.02. The SMILES string of the molecule is COc1ccc(COCCCC2(OC(C)=O)CCN(C)CC2)cc1. The molecule has 0 aromatic heterocycles. The van der Waals surface area contributed by atoms with Crippen molar-refractivity contribution < 1.29 is 19.0 Å². The maximum atomic E-state index is 11.4. The molecule has 0 atom stereocenters. The molecule has 1 fully saturated rings. The minimum atomic E-state index is -0.304. The van der Waals surface area contributed by atoms with Crippen molar-refractivity contribution in [3.63, 3.8) is 0 Å². The van der Waals surface area contributed by atoms with E-state index in [9.17, 15) is 4.79 Å². The molecule has 1 saturated heterocycles. The topological polar surface area (TPSA) is 48.0 Å². The maximum Gasteiger partial charge on any atom is 0.303 e. The smallest absolute Gasteiger partial charge is 0.303 e. The first-order valence-corrected chi connectivity index (χ1v) is 8.62. The maximum absolute atomic E-state index is 11.4. The van der Waals surface area contributed by atoms with Crippen molar-refractivity contribution in [2.45, 2.75) is 44.8 Å². The van der Waals surface area contributed by atoms with Crippen LogP contribution in [0.5, 0.6) is 5.75 Å². The van der Waals surface area contributed by atoms with Crippen molar-refractivity contribution in [1.82, 2.24) is 4.90 Å². The third kappa shape index (κ3) is 5.80. The van der Waals surface area contributed by atoms with Gasteiger partial charge in [0.2, 0.25) is 0 Å². The van der Waals surface area contributed by atoms with Crippen molar-refractivity contribution in [3.8, 4) is 5.75 Å². The minimum Gasteiger partial charge on any atom is -0.497 e. The molecule has 0 aliphatic carbocycles. The van der Waals surface area contributed by atoms with Crippen LogP contribution >= 0.6 is 0 Å². The second-order valence-electron chi connectivity index (χ2n) is 6.58. The monoisotopic (exact) mass is 335 g/mol. The Morgan fingerprint density at radius 3 is 2.46 bits per heavy atom. The molecule has 0 N–H and O–H groups in total. The number of methoxy groups -OCH3 is 1. The molecule has 0 spiro atoms. The summed E-state index contributed by atoms with van der Waals surface area (Å²) in [5.41, 5.74) is 0.826. The molecule has 5 nitrogen and oxygen atoms in total. The van der Waals surface area contributed by atoms with E-state index >= 15 is 0 Å². The van der Waals surface area contributed by atoms with Crippen molar-refractivity contribution in [2.24, 2.45) is 0 Å². The summed E-state index contributed by atoms with van der Waals surface area (Å²) in [6.45, 7) is 4.71. The number of carbonyl (C=O) groups is 1. The third-order valence-electron chi connectivity index (χ3n) is 4.61. The van der Waals surface area contributed by atoms with Gasteiger partial charge in [-0.05, 0) is 50.4 Å². The number of piperidine rings is 1. The van der Waals surface area contributed by atoms with Crippen LogP contribution in [-0.2, 0) is 20.9 Å². The fourth-order valence-corrected chi connectivity index (χ4v) is 3.14. The van der Waals surface area contributed by atoms with Gasteiger partial charge in [0.05, 0.1) is 13.7 Å². The fourth-order valence-electron chi connectivity index (χ4n) is 3.14. The van der Waals surface area contributed by atoms with Crippen LogP contribution in [0.1, 0.15) is 38.2 Å². The first-order valence-electron chi connectivity index (χ1n) is 8.62. The first kappa shape index (κ1) is 18.7. The molecular formula is C19H29NO4. The van der Waals surface area contributed by atoms with Crippen molar-refractivity contribution in [1.29, 1.82) is 0 Å². The van der Waals surface area contributed by atoms with Gasteiger partial charge in [0, 0.05) is 26.6 Å². The van der Waals surface area contributed by atoms with Crippen molar-refractivity contribution >= 4 is 5.97 Å². The Hall–Kier alpha value is -1.59. The summed E-state index contributed by atoms with van der Waals surface area (Å²) >= 11 is 0. The number of likely N-dealkylation sites (tertiary alicyclic amines) is 1. The number of esters is 1. The molecule has 0 radical (unpaired) electrons. The molecule has 5 heteroatoms. The highest BCUT2D eigenvalue weighted by Crippen LogP contribution is 2.31. The van der Waals surface area contributed by atoms with E-state index in [-0.39, 0.29) is 11.6 Å². The highest BCUT2D eigenvalue weighted by atomic mass is 16.6. The predicted molar refractivity (Wildman–Crippen MR) is 93.1 cm³/mol. The number of carbonyl (C=O) groups excluding carboxylic acids is 1. The van der Waals surface area contributed by atoms with Gasteiger partial charge in [-0.1, -0.05) is 12.1 Å².